The van der Waals surface area contributed by atoms with Crippen molar-refractivity contribution in [2.24, 2.45) is 0 Å². The average Bonchev–Trinajstić information content (AvgIpc) is 3.07. The molecule has 0 saturated carbocycles. The second-order valence-corrected chi connectivity index (χ2v) is 6.67. The van der Waals surface area contributed by atoms with E-state index in [0.717, 1.165) is 12.1 Å². The highest BCUT2D eigenvalue weighted by Gasteiger charge is 2.28. The van der Waals surface area contributed by atoms with Crippen molar-refractivity contribution >= 4 is 11.9 Å². The molecule has 1 aliphatic heterocycles. The van der Waals surface area contributed by atoms with Crippen LogP contribution >= 0.6 is 0 Å². The molecule has 0 unspecified atom stereocenters. The predicted octanol–water partition coefficient (Wildman–Crippen LogP) is 5.18. The van der Waals surface area contributed by atoms with Crippen molar-refractivity contribution in [1.29, 1.82) is 0 Å². The summed E-state index contributed by atoms with van der Waals surface area (Å²) in [7, 11) is 3.03. The van der Waals surface area contributed by atoms with Crippen LogP contribution in [0.2, 0.25) is 0 Å². The molecule has 5 nitrogen and oxygen atoms in total. The van der Waals surface area contributed by atoms with Gasteiger partial charge in [-0.2, -0.15) is 0 Å². The number of allylic oxidation sites excluding steroid dienone is 1. The van der Waals surface area contributed by atoms with Gasteiger partial charge in [0.25, 0.3) is 0 Å². The van der Waals surface area contributed by atoms with Crippen molar-refractivity contribution in [3.63, 3.8) is 0 Å². The molecule has 0 amide bonds. The number of hydrogen-bond acceptors (Lipinski definition) is 5. The zero-order chi connectivity index (χ0) is 22.0. The second-order valence-electron chi connectivity index (χ2n) is 6.67. The molecule has 0 fully saturated rings. The highest BCUT2D eigenvalue weighted by molar-refractivity contribution is 6.14. The summed E-state index contributed by atoms with van der Waals surface area (Å²) in [4.78, 5) is 12.7. The number of fused-ring (bicyclic) bond motifs is 1. The van der Waals surface area contributed by atoms with Crippen LogP contribution in [0, 0.1) is 11.6 Å². The number of carbonyl (C=O) groups excluding carboxylic acids is 1. The number of carbonyl (C=O) groups is 1. The summed E-state index contributed by atoms with van der Waals surface area (Å²) in [6, 6.07) is 13.5. The van der Waals surface area contributed by atoms with E-state index in [2.05, 4.69) is 0 Å². The van der Waals surface area contributed by atoms with Crippen LogP contribution in [-0.4, -0.2) is 20.0 Å². The number of hydrogen-bond donors (Lipinski definition) is 0. The molecule has 0 N–H and O–H groups in total. The van der Waals surface area contributed by atoms with Crippen LogP contribution in [0.4, 0.5) is 8.78 Å². The number of halogens is 2. The van der Waals surface area contributed by atoms with Crippen LogP contribution in [0.3, 0.4) is 0 Å². The van der Waals surface area contributed by atoms with Gasteiger partial charge in [-0.15, -0.1) is 0 Å². The quantitative estimate of drug-likeness (QED) is 0.511. The molecule has 158 valence electrons. The van der Waals surface area contributed by atoms with Crippen LogP contribution < -0.4 is 18.9 Å². The highest BCUT2D eigenvalue weighted by atomic mass is 19.1. The molecule has 1 aliphatic rings. The van der Waals surface area contributed by atoms with Gasteiger partial charge >= 0.3 is 0 Å². The fraction of sp³-hybridized carbons (Fsp3) is 0.125. The second kappa shape index (κ2) is 8.47. The number of methoxy groups -OCH3 is 2. The van der Waals surface area contributed by atoms with Gasteiger partial charge in [-0.05, 0) is 36.4 Å². The molecule has 31 heavy (non-hydrogen) atoms. The Hall–Kier alpha value is -3.87. The van der Waals surface area contributed by atoms with E-state index in [-0.39, 0.29) is 23.7 Å². The Balaban J connectivity index is 1.57. The van der Waals surface area contributed by atoms with Gasteiger partial charge < -0.3 is 18.9 Å². The Morgan fingerprint density at radius 3 is 2.42 bits per heavy atom. The maximum atomic E-state index is 13.8. The topological polar surface area (TPSA) is 54.0 Å². The summed E-state index contributed by atoms with van der Waals surface area (Å²) in [5, 5.41) is 0. The summed E-state index contributed by atoms with van der Waals surface area (Å²) in [6.07, 6.45) is 1.57. The highest BCUT2D eigenvalue weighted by Crippen LogP contribution is 2.37. The molecule has 1 heterocycles. The van der Waals surface area contributed by atoms with E-state index in [1.165, 1.54) is 26.4 Å². The molecule has 4 rings (SSSR count). The fourth-order valence-corrected chi connectivity index (χ4v) is 3.25. The maximum Gasteiger partial charge on any atom is 0.231 e. The predicted molar refractivity (Wildman–Crippen MR) is 110 cm³/mol. The zero-order valence-electron chi connectivity index (χ0n) is 16.8. The zero-order valence-corrected chi connectivity index (χ0v) is 16.8. The molecule has 3 aromatic rings. The Morgan fingerprint density at radius 1 is 0.968 bits per heavy atom. The summed E-state index contributed by atoms with van der Waals surface area (Å²) in [5.74, 6) is 0.0382. The number of para-hydroxylation sites is 1. The molecule has 0 saturated heterocycles. The SMILES string of the molecule is COc1cccc(/C=C2\Oc3cc(OCc4c(F)cccc4F)ccc3C2=O)c1OC. The number of ketones is 1. The third-order valence-electron chi connectivity index (χ3n) is 4.81. The molecule has 0 aromatic heterocycles. The third kappa shape index (κ3) is 3.94. The molecule has 0 spiro atoms. The van der Waals surface area contributed by atoms with Gasteiger partial charge in [0.1, 0.15) is 29.7 Å². The van der Waals surface area contributed by atoms with Gasteiger partial charge in [0, 0.05) is 11.6 Å². The molecule has 7 heteroatoms. The van der Waals surface area contributed by atoms with Crippen molar-refractivity contribution in [3.8, 4) is 23.0 Å². The van der Waals surface area contributed by atoms with Crippen molar-refractivity contribution < 1.29 is 32.5 Å². The minimum absolute atomic E-state index is 0.110. The Morgan fingerprint density at radius 2 is 1.71 bits per heavy atom. The largest absolute Gasteiger partial charge is 0.493 e. The van der Waals surface area contributed by atoms with Crippen molar-refractivity contribution in [2.45, 2.75) is 6.61 Å². The van der Waals surface area contributed by atoms with Crippen LogP contribution in [0.25, 0.3) is 6.08 Å². The molecule has 0 atom stereocenters. The maximum absolute atomic E-state index is 13.8. The van der Waals surface area contributed by atoms with Gasteiger partial charge in [-0.25, -0.2) is 8.78 Å². The number of Topliss-reactive ketones (excluding diaryl/α,β-unsaturated/α-hetero) is 1. The average molecular weight is 424 g/mol. The first kappa shape index (κ1) is 20.4. The molecular formula is C24H18F2O5. The summed E-state index contributed by atoms with van der Waals surface area (Å²) >= 11 is 0. The molecule has 0 bridgehead atoms. The monoisotopic (exact) mass is 424 g/mol. The lowest BCUT2D eigenvalue weighted by Gasteiger charge is -2.10. The lowest BCUT2D eigenvalue weighted by molar-refractivity contribution is 0.101. The minimum Gasteiger partial charge on any atom is -0.493 e. The van der Waals surface area contributed by atoms with Crippen LogP contribution in [-0.2, 0) is 6.61 Å². The van der Waals surface area contributed by atoms with E-state index < -0.39 is 11.6 Å². The van der Waals surface area contributed by atoms with Gasteiger partial charge in [0.2, 0.25) is 5.78 Å². The van der Waals surface area contributed by atoms with Gasteiger partial charge in [-0.1, -0.05) is 18.2 Å². The molecule has 0 aliphatic carbocycles. The minimum atomic E-state index is -0.690. The third-order valence-corrected chi connectivity index (χ3v) is 4.81. The Bertz CT molecular complexity index is 1170. The van der Waals surface area contributed by atoms with E-state index in [0.29, 0.717) is 34.1 Å². The fourth-order valence-electron chi connectivity index (χ4n) is 3.25. The first-order valence-corrected chi connectivity index (χ1v) is 9.36. The van der Waals surface area contributed by atoms with Crippen molar-refractivity contribution in [2.75, 3.05) is 14.2 Å². The molecule has 0 radical (unpaired) electrons. The summed E-state index contributed by atoms with van der Waals surface area (Å²) in [5.41, 5.74) is 0.799. The number of benzene rings is 3. The summed E-state index contributed by atoms with van der Waals surface area (Å²) < 4.78 is 49.5. The van der Waals surface area contributed by atoms with Crippen molar-refractivity contribution in [1.82, 2.24) is 0 Å². The normalized spacial score (nSPS) is 13.7. The van der Waals surface area contributed by atoms with Crippen LogP contribution in [0.15, 0.2) is 60.4 Å². The molecular weight excluding hydrogens is 406 g/mol. The van der Waals surface area contributed by atoms with Crippen molar-refractivity contribution in [3.05, 3.63) is 88.7 Å². The van der Waals surface area contributed by atoms with E-state index in [1.807, 2.05) is 0 Å². The van der Waals surface area contributed by atoms with Gasteiger partial charge in [0.15, 0.2) is 17.3 Å². The number of rotatable bonds is 6. The molecule has 3 aromatic carbocycles. The van der Waals surface area contributed by atoms with Crippen LogP contribution in [0.1, 0.15) is 21.5 Å². The smallest absolute Gasteiger partial charge is 0.231 e. The van der Waals surface area contributed by atoms with Gasteiger partial charge in [0.05, 0.1) is 25.3 Å². The van der Waals surface area contributed by atoms with Gasteiger partial charge in [-0.3, -0.25) is 4.79 Å². The Labute approximate surface area is 177 Å². The van der Waals surface area contributed by atoms with E-state index in [4.69, 9.17) is 18.9 Å². The summed E-state index contributed by atoms with van der Waals surface area (Å²) in [6.45, 7) is -0.297. The standard InChI is InChI=1S/C24H18F2O5/c1-28-20-8-3-5-14(24(20)29-2)11-22-23(27)16-10-9-15(12-21(16)31-22)30-13-17-18(25)6-4-7-19(17)26/h3-12H,13H2,1-2H3/b22-11-. The lowest BCUT2D eigenvalue weighted by atomic mass is 10.1. The van der Waals surface area contributed by atoms with Crippen LogP contribution in [0.5, 0.6) is 23.0 Å². The van der Waals surface area contributed by atoms with E-state index in [9.17, 15) is 13.6 Å². The first-order chi connectivity index (χ1) is 15.0. The Kier molecular flexibility index (Phi) is 5.58. The first-order valence-electron chi connectivity index (χ1n) is 9.36. The number of ether oxygens (including phenoxy) is 4. The lowest BCUT2D eigenvalue weighted by Crippen LogP contribution is -2.01. The van der Waals surface area contributed by atoms with E-state index in [1.54, 1.807) is 36.4 Å². The van der Waals surface area contributed by atoms with E-state index >= 15 is 0 Å².